The fourth-order valence-electron chi connectivity index (χ4n) is 0.0680. The molecule has 0 aliphatic carbocycles. The van der Waals surface area contributed by atoms with Crippen LogP contribution in [0.2, 0.25) is 0 Å². The van der Waals surface area contributed by atoms with Crippen molar-refractivity contribution in [2.45, 2.75) is 0 Å². The number of hydrogen-bond acceptors (Lipinski definition) is 2. The molecule has 33 valence electrons. The van der Waals surface area contributed by atoms with Gasteiger partial charge in [0.05, 0.1) is 0 Å². The minimum atomic E-state index is -2.18. The maximum absolute atomic E-state index is 9.42. The second-order valence-corrected chi connectivity index (χ2v) is 1.26. The van der Waals surface area contributed by atoms with Gasteiger partial charge in [0.2, 0.25) is 10.3 Å². The van der Waals surface area contributed by atoms with Crippen LogP contribution in [0.4, 0.5) is 0 Å². The van der Waals surface area contributed by atoms with Crippen LogP contribution in [0.5, 0.6) is 0 Å². The average molecular weight is 103 g/mol. The summed E-state index contributed by atoms with van der Waals surface area (Å²) >= 11 is 0. The molecular formula is C3H3O2S. The highest BCUT2D eigenvalue weighted by Crippen LogP contribution is 1.43. The van der Waals surface area contributed by atoms with Gasteiger partial charge in [-0.2, -0.15) is 8.42 Å². The molecule has 0 unspecified atom stereocenters. The van der Waals surface area contributed by atoms with E-state index in [1.165, 1.54) is 0 Å². The summed E-state index contributed by atoms with van der Waals surface area (Å²) < 4.78 is 18.8. The zero-order chi connectivity index (χ0) is 4.99. The van der Waals surface area contributed by atoms with Crippen LogP contribution in [0, 0.1) is 0 Å². The lowest BCUT2D eigenvalue weighted by atomic mass is 10.8. The Bertz CT molecular complexity index is 144. The van der Waals surface area contributed by atoms with Gasteiger partial charge in [-0.25, -0.2) is 0 Å². The summed E-state index contributed by atoms with van der Waals surface area (Å²) in [4.78, 5) is 0. The monoisotopic (exact) mass is 103 g/mol. The Morgan fingerprint density at radius 2 is 2.17 bits per heavy atom. The third kappa shape index (κ3) is 3.43. The Morgan fingerprint density at radius 3 is 2.17 bits per heavy atom. The van der Waals surface area contributed by atoms with E-state index < -0.39 is 10.3 Å². The van der Waals surface area contributed by atoms with E-state index in [-0.39, 0.29) is 0 Å². The molecule has 0 aliphatic heterocycles. The number of allylic oxidation sites excluding steroid dienone is 1. The summed E-state index contributed by atoms with van der Waals surface area (Å²) in [6.45, 7) is 3.10. The SMILES string of the molecule is C=C[C]=S(=O)=O. The highest BCUT2D eigenvalue weighted by atomic mass is 32.2. The molecule has 0 fully saturated rings. The van der Waals surface area contributed by atoms with Gasteiger partial charge < -0.3 is 0 Å². The number of hydrogen-bond donors (Lipinski definition) is 0. The molecule has 0 aromatic heterocycles. The second-order valence-electron chi connectivity index (χ2n) is 0.557. The molecule has 0 atom stereocenters. The zero-order valence-electron chi connectivity index (χ0n) is 3.01. The van der Waals surface area contributed by atoms with Crippen LogP contribution in [0.15, 0.2) is 12.7 Å². The standard InChI is InChI=1S/C3H3O2S/c1-2-3-6(4)5/h2H,1H2. The van der Waals surface area contributed by atoms with Crippen LogP contribution in [-0.2, 0) is 10.3 Å². The summed E-state index contributed by atoms with van der Waals surface area (Å²) in [6.07, 6.45) is 1.09. The van der Waals surface area contributed by atoms with Gasteiger partial charge in [0.15, 0.2) is 0 Å². The molecule has 1 radical (unpaired) electrons. The first-order valence-corrected chi connectivity index (χ1v) is 2.31. The van der Waals surface area contributed by atoms with Crippen molar-refractivity contribution in [3.05, 3.63) is 12.7 Å². The molecule has 0 aromatic carbocycles. The van der Waals surface area contributed by atoms with Crippen LogP contribution < -0.4 is 0 Å². The molecule has 0 spiro atoms. The lowest BCUT2D eigenvalue weighted by molar-refractivity contribution is 0.627. The predicted molar refractivity (Wildman–Crippen MR) is 24.1 cm³/mol. The van der Waals surface area contributed by atoms with Crippen LogP contribution in [0.1, 0.15) is 0 Å². The van der Waals surface area contributed by atoms with Gasteiger partial charge >= 0.3 is 0 Å². The summed E-state index contributed by atoms with van der Waals surface area (Å²) in [5.41, 5.74) is 0. The van der Waals surface area contributed by atoms with Crippen molar-refractivity contribution in [2.24, 2.45) is 0 Å². The smallest absolute Gasteiger partial charge is 0.184 e. The summed E-state index contributed by atoms with van der Waals surface area (Å²) in [6, 6.07) is 0. The van der Waals surface area contributed by atoms with E-state index in [0.29, 0.717) is 0 Å². The Kier molecular flexibility index (Phi) is 2.40. The molecular weight excluding hydrogens is 100 g/mol. The third-order valence-corrected chi connectivity index (χ3v) is 0.539. The van der Waals surface area contributed by atoms with Crippen molar-refractivity contribution in [1.82, 2.24) is 0 Å². The average Bonchev–Trinajstić information content (AvgIpc) is 1.35. The Balaban J connectivity index is 4.17. The van der Waals surface area contributed by atoms with Gasteiger partial charge in [0, 0.05) is 0 Å². The molecule has 6 heavy (non-hydrogen) atoms. The minimum absolute atomic E-state index is 1.09. The first kappa shape index (κ1) is 5.43. The zero-order valence-corrected chi connectivity index (χ0v) is 3.83. The van der Waals surface area contributed by atoms with E-state index in [4.69, 9.17) is 0 Å². The maximum atomic E-state index is 9.42. The third-order valence-electron chi connectivity index (χ3n) is 0.180. The molecule has 0 saturated carbocycles. The van der Waals surface area contributed by atoms with Crippen LogP contribution >= 0.6 is 0 Å². The molecule has 0 bridgehead atoms. The quantitative estimate of drug-likeness (QED) is 0.338. The molecule has 0 aromatic rings. The summed E-state index contributed by atoms with van der Waals surface area (Å²) in [5, 5.41) is 1.89. The summed E-state index contributed by atoms with van der Waals surface area (Å²) in [7, 11) is -2.18. The lowest BCUT2D eigenvalue weighted by Gasteiger charge is -1.44. The van der Waals surface area contributed by atoms with Crippen LogP contribution in [-0.4, -0.2) is 13.8 Å². The van der Waals surface area contributed by atoms with Gasteiger partial charge in [-0.05, 0) is 6.08 Å². The van der Waals surface area contributed by atoms with Gasteiger partial charge in [-0.3, -0.25) is 0 Å². The highest BCUT2D eigenvalue weighted by molar-refractivity contribution is 7.71. The largest absolute Gasteiger partial charge is 0.223 e. The number of rotatable bonds is 1. The molecule has 0 rings (SSSR count). The fourth-order valence-corrected chi connectivity index (χ4v) is 0.204. The van der Waals surface area contributed by atoms with E-state index in [1.807, 2.05) is 5.37 Å². The van der Waals surface area contributed by atoms with Crippen molar-refractivity contribution in [1.29, 1.82) is 0 Å². The first-order valence-electron chi connectivity index (χ1n) is 1.23. The topological polar surface area (TPSA) is 34.1 Å². The van der Waals surface area contributed by atoms with Crippen LogP contribution in [0.3, 0.4) is 0 Å². The second kappa shape index (κ2) is 2.66. The molecule has 0 aliphatic rings. The predicted octanol–water partition coefficient (Wildman–Crippen LogP) is -0.269. The van der Waals surface area contributed by atoms with E-state index in [1.54, 1.807) is 0 Å². The fraction of sp³-hybridized carbons (Fsp3) is 0. The summed E-state index contributed by atoms with van der Waals surface area (Å²) in [5.74, 6) is 0. The first-order chi connectivity index (χ1) is 2.77. The van der Waals surface area contributed by atoms with E-state index in [0.717, 1.165) is 6.08 Å². The molecule has 0 heterocycles. The van der Waals surface area contributed by atoms with Gasteiger partial charge in [0.1, 0.15) is 5.37 Å². The van der Waals surface area contributed by atoms with Crippen molar-refractivity contribution in [3.63, 3.8) is 0 Å². The molecule has 3 heteroatoms. The molecule has 0 saturated heterocycles. The van der Waals surface area contributed by atoms with E-state index >= 15 is 0 Å². The Morgan fingerprint density at radius 1 is 1.67 bits per heavy atom. The Hall–Kier alpha value is -0.570. The van der Waals surface area contributed by atoms with Gasteiger partial charge in [-0.15, -0.1) is 0 Å². The molecule has 0 N–H and O–H groups in total. The van der Waals surface area contributed by atoms with Crippen LogP contribution in [0.25, 0.3) is 0 Å². The maximum Gasteiger partial charge on any atom is 0.223 e. The van der Waals surface area contributed by atoms with E-state index in [9.17, 15) is 8.42 Å². The van der Waals surface area contributed by atoms with Crippen molar-refractivity contribution < 1.29 is 8.42 Å². The van der Waals surface area contributed by atoms with Crippen molar-refractivity contribution in [3.8, 4) is 0 Å². The normalized spacial score (nSPS) is 6.67. The van der Waals surface area contributed by atoms with Gasteiger partial charge in [0.25, 0.3) is 0 Å². The molecule has 2 nitrogen and oxygen atoms in total. The minimum Gasteiger partial charge on any atom is -0.184 e. The van der Waals surface area contributed by atoms with Gasteiger partial charge in [-0.1, -0.05) is 6.58 Å². The lowest BCUT2D eigenvalue weighted by Crippen LogP contribution is -1.59. The molecule has 0 amide bonds. The van der Waals surface area contributed by atoms with Crippen molar-refractivity contribution in [2.75, 3.05) is 0 Å². The Labute approximate surface area is 37.6 Å². The highest BCUT2D eigenvalue weighted by Gasteiger charge is 1.55. The van der Waals surface area contributed by atoms with Crippen molar-refractivity contribution >= 4 is 15.7 Å². The van der Waals surface area contributed by atoms with E-state index in [2.05, 4.69) is 6.58 Å².